The molecular weight excluding hydrogens is 233 g/mol. The zero-order valence-electron chi connectivity index (χ0n) is 8.71. The number of nitriles is 1. The first kappa shape index (κ1) is 11.7. The Kier molecular flexibility index (Phi) is 2.94. The Morgan fingerprint density at radius 1 is 1.35 bits per heavy atom. The average molecular weight is 242 g/mol. The standard InChI is InChI=1S/C11H9F3N2O/c12-11(13,14)10-3-8(2-1-7(10)4-15)16-9-5-17-6-9/h1-3,9,16H,5-6H2. The van der Waals surface area contributed by atoms with Crippen LogP contribution in [0.4, 0.5) is 18.9 Å². The second kappa shape index (κ2) is 4.26. The van der Waals surface area contributed by atoms with Crippen LogP contribution in [0.1, 0.15) is 11.1 Å². The number of hydrogen-bond donors (Lipinski definition) is 1. The third-order valence-corrected chi connectivity index (χ3v) is 2.45. The third kappa shape index (κ3) is 2.50. The van der Waals surface area contributed by atoms with Gasteiger partial charge in [0.2, 0.25) is 0 Å². The number of ether oxygens (including phenoxy) is 1. The Bertz CT molecular complexity index is 461. The summed E-state index contributed by atoms with van der Waals surface area (Å²) in [4.78, 5) is 0. The quantitative estimate of drug-likeness (QED) is 0.866. The Hall–Kier alpha value is -1.74. The minimum atomic E-state index is -4.52. The Labute approximate surface area is 95.8 Å². The molecule has 0 radical (unpaired) electrons. The predicted molar refractivity (Wildman–Crippen MR) is 54.4 cm³/mol. The summed E-state index contributed by atoms with van der Waals surface area (Å²) < 4.78 is 42.8. The van der Waals surface area contributed by atoms with Gasteiger partial charge in [-0.2, -0.15) is 18.4 Å². The Morgan fingerprint density at radius 2 is 2.06 bits per heavy atom. The molecule has 1 aromatic rings. The Balaban J connectivity index is 2.28. The minimum absolute atomic E-state index is 0.0454. The smallest absolute Gasteiger partial charge is 0.378 e. The lowest BCUT2D eigenvalue weighted by molar-refractivity contribution is -0.137. The normalized spacial score (nSPS) is 16.1. The van der Waals surface area contributed by atoms with Gasteiger partial charge in [0.15, 0.2) is 0 Å². The minimum Gasteiger partial charge on any atom is -0.378 e. The van der Waals surface area contributed by atoms with Crippen LogP contribution in [0, 0.1) is 11.3 Å². The highest BCUT2D eigenvalue weighted by molar-refractivity contribution is 5.53. The maximum Gasteiger partial charge on any atom is 0.417 e. The molecule has 0 spiro atoms. The van der Waals surface area contributed by atoms with Crippen molar-refractivity contribution >= 4 is 5.69 Å². The molecule has 1 aliphatic rings. The zero-order chi connectivity index (χ0) is 12.5. The maximum atomic E-state index is 12.6. The van der Waals surface area contributed by atoms with Crippen molar-refractivity contribution in [3.05, 3.63) is 29.3 Å². The highest BCUT2D eigenvalue weighted by Crippen LogP contribution is 2.33. The molecule has 3 nitrogen and oxygen atoms in total. The van der Waals surface area contributed by atoms with Gasteiger partial charge in [-0.05, 0) is 18.2 Å². The molecule has 0 aromatic heterocycles. The van der Waals surface area contributed by atoms with Crippen LogP contribution in [-0.2, 0) is 10.9 Å². The molecule has 0 unspecified atom stereocenters. The summed E-state index contributed by atoms with van der Waals surface area (Å²) in [5.41, 5.74) is -0.928. The first-order valence-corrected chi connectivity index (χ1v) is 4.96. The molecule has 1 aromatic carbocycles. The van der Waals surface area contributed by atoms with Crippen molar-refractivity contribution in [1.82, 2.24) is 0 Å². The number of halogens is 3. The van der Waals surface area contributed by atoms with E-state index in [0.29, 0.717) is 18.9 Å². The van der Waals surface area contributed by atoms with Crippen LogP contribution in [-0.4, -0.2) is 19.3 Å². The number of hydrogen-bond acceptors (Lipinski definition) is 3. The molecule has 0 bridgehead atoms. The molecule has 1 aliphatic heterocycles. The highest BCUT2D eigenvalue weighted by atomic mass is 19.4. The largest absolute Gasteiger partial charge is 0.417 e. The van der Waals surface area contributed by atoms with Crippen molar-refractivity contribution in [2.45, 2.75) is 12.2 Å². The fourth-order valence-corrected chi connectivity index (χ4v) is 1.52. The van der Waals surface area contributed by atoms with Crippen LogP contribution in [0.15, 0.2) is 18.2 Å². The lowest BCUT2D eigenvalue weighted by Crippen LogP contribution is -2.40. The fourth-order valence-electron chi connectivity index (χ4n) is 1.52. The summed E-state index contributed by atoms with van der Waals surface area (Å²) >= 11 is 0. The number of benzene rings is 1. The van der Waals surface area contributed by atoms with E-state index < -0.39 is 11.7 Å². The summed E-state index contributed by atoms with van der Waals surface area (Å²) in [5, 5.41) is 11.5. The number of nitrogens with zero attached hydrogens (tertiary/aromatic N) is 1. The van der Waals surface area contributed by atoms with Crippen LogP contribution in [0.2, 0.25) is 0 Å². The molecule has 1 saturated heterocycles. The highest BCUT2D eigenvalue weighted by Gasteiger charge is 2.34. The van der Waals surface area contributed by atoms with E-state index in [1.807, 2.05) is 0 Å². The van der Waals surface area contributed by atoms with Crippen LogP contribution < -0.4 is 5.32 Å². The predicted octanol–water partition coefficient (Wildman–Crippen LogP) is 2.39. The molecular formula is C11H9F3N2O. The topological polar surface area (TPSA) is 45.0 Å². The summed E-state index contributed by atoms with van der Waals surface area (Å²) in [6, 6.07) is 5.17. The van der Waals surface area contributed by atoms with E-state index in [-0.39, 0.29) is 11.6 Å². The molecule has 1 fully saturated rings. The lowest BCUT2D eigenvalue weighted by Gasteiger charge is -2.28. The van der Waals surface area contributed by atoms with Gasteiger partial charge in [0.05, 0.1) is 36.5 Å². The third-order valence-electron chi connectivity index (χ3n) is 2.45. The van der Waals surface area contributed by atoms with E-state index in [9.17, 15) is 13.2 Å². The average Bonchev–Trinajstić information content (AvgIpc) is 2.22. The molecule has 0 aliphatic carbocycles. The van der Waals surface area contributed by atoms with Crippen LogP contribution in [0.5, 0.6) is 0 Å². The number of nitrogens with one attached hydrogen (secondary N) is 1. The number of anilines is 1. The second-order valence-electron chi connectivity index (χ2n) is 3.75. The molecule has 0 atom stereocenters. The molecule has 6 heteroatoms. The van der Waals surface area contributed by atoms with Gasteiger partial charge in [-0.1, -0.05) is 0 Å². The van der Waals surface area contributed by atoms with Crippen molar-refractivity contribution in [3.63, 3.8) is 0 Å². The van der Waals surface area contributed by atoms with Gasteiger partial charge in [0.1, 0.15) is 0 Å². The van der Waals surface area contributed by atoms with E-state index in [1.54, 1.807) is 0 Å². The molecule has 17 heavy (non-hydrogen) atoms. The SMILES string of the molecule is N#Cc1ccc(NC2COC2)cc1C(F)(F)F. The Morgan fingerprint density at radius 3 is 2.53 bits per heavy atom. The summed E-state index contributed by atoms with van der Waals surface area (Å²) in [5.74, 6) is 0. The van der Waals surface area contributed by atoms with Crippen molar-refractivity contribution in [1.29, 1.82) is 5.26 Å². The van der Waals surface area contributed by atoms with Gasteiger partial charge >= 0.3 is 6.18 Å². The monoisotopic (exact) mass is 242 g/mol. The van der Waals surface area contributed by atoms with Crippen molar-refractivity contribution < 1.29 is 17.9 Å². The van der Waals surface area contributed by atoms with E-state index in [2.05, 4.69) is 5.32 Å². The van der Waals surface area contributed by atoms with Crippen LogP contribution in [0.25, 0.3) is 0 Å². The summed E-state index contributed by atoms with van der Waals surface area (Å²) in [6.45, 7) is 0.975. The molecule has 1 heterocycles. The van der Waals surface area contributed by atoms with Crippen molar-refractivity contribution in [3.8, 4) is 6.07 Å². The zero-order valence-corrected chi connectivity index (χ0v) is 8.71. The van der Waals surface area contributed by atoms with Gasteiger partial charge in [-0.15, -0.1) is 0 Å². The summed E-state index contributed by atoms with van der Waals surface area (Å²) in [7, 11) is 0. The van der Waals surface area contributed by atoms with Gasteiger partial charge < -0.3 is 10.1 Å². The molecule has 1 N–H and O–H groups in total. The van der Waals surface area contributed by atoms with Gasteiger partial charge in [-0.3, -0.25) is 0 Å². The number of alkyl halides is 3. The molecule has 90 valence electrons. The fraction of sp³-hybridized carbons (Fsp3) is 0.364. The first-order chi connectivity index (χ1) is 8.00. The molecule has 2 rings (SSSR count). The van der Waals surface area contributed by atoms with Crippen LogP contribution in [0.3, 0.4) is 0 Å². The molecule has 0 amide bonds. The van der Waals surface area contributed by atoms with Crippen molar-refractivity contribution in [2.24, 2.45) is 0 Å². The van der Waals surface area contributed by atoms with E-state index in [1.165, 1.54) is 18.2 Å². The van der Waals surface area contributed by atoms with Crippen LogP contribution >= 0.6 is 0 Å². The molecule has 0 saturated carbocycles. The summed E-state index contributed by atoms with van der Waals surface area (Å²) in [6.07, 6.45) is -4.52. The number of rotatable bonds is 2. The van der Waals surface area contributed by atoms with E-state index in [4.69, 9.17) is 10.00 Å². The van der Waals surface area contributed by atoms with Crippen molar-refractivity contribution in [2.75, 3.05) is 18.5 Å². The van der Waals surface area contributed by atoms with Gasteiger partial charge in [0, 0.05) is 5.69 Å². The van der Waals surface area contributed by atoms with Gasteiger partial charge in [-0.25, -0.2) is 0 Å². The van der Waals surface area contributed by atoms with Gasteiger partial charge in [0.25, 0.3) is 0 Å². The van der Waals surface area contributed by atoms with E-state index >= 15 is 0 Å². The second-order valence-corrected chi connectivity index (χ2v) is 3.75. The maximum absolute atomic E-state index is 12.6. The lowest BCUT2D eigenvalue weighted by atomic mass is 10.1. The first-order valence-electron chi connectivity index (χ1n) is 4.96. The van der Waals surface area contributed by atoms with E-state index in [0.717, 1.165) is 6.07 Å².